The second-order valence-electron chi connectivity index (χ2n) is 4.35. The largest absolute Gasteiger partial charge is 0.383 e. The Bertz CT molecular complexity index is 559. The first kappa shape index (κ1) is 15.2. The molecule has 0 bridgehead atoms. The van der Waals surface area contributed by atoms with Crippen molar-refractivity contribution in [1.82, 2.24) is 5.32 Å². The van der Waals surface area contributed by atoms with Crippen LogP contribution < -0.4 is 9.50 Å². The second-order valence-corrected chi connectivity index (χ2v) is 5.93. The van der Waals surface area contributed by atoms with Crippen LogP contribution in [0.5, 0.6) is 5.75 Å². The highest BCUT2D eigenvalue weighted by molar-refractivity contribution is 7.86. The minimum Gasteiger partial charge on any atom is -0.383 e. The molecule has 0 aliphatic heterocycles. The summed E-state index contributed by atoms with van der Waals surface area (Å²) in [6, 6.07) is 6.48. The molecule has 1 aromatic carbocycles. The molecule has 1 amide bonds. The van der Waals surface area contributed by atoms with Crippen LogP contribution in [0.3, 0.4) is 0 Å². The molecule has 1 aromatic rings. The molecule has 1 N–H and O–H groups in total. The van der Waals surface area contributed by atoms with Crippen molar-refractivity contribution in [3.8, 4) is 5.75 Å². The van der Waals surface area contributed by atoms with E-state index in [1.165, 1.54) is 18.2 Å². The van der Waals surface area contributed by atoms with E-state index in [1.54, 1.807) is 18.2 Å². The zero-order chi connectivity index (χ0) is 14.5. The van der Waals surface area contributed by atoms with Crippen molar-refractivity contribution in [2.75, 3.05) is 6.26 Å². The molecule has 0 heterocycles. The molecule has 0 aromatic heterocycles. The van der Waals surface area contributed by atoms with Gasteiger partial charge in [0, 0.05) is 12.1 Å². The summed E-state index contributed by atoms with van der Waals surface area (Å²) in [6.45, 7) is 3.76. The lowest BCUT2D eigenvalue weighted by molar-refractivity contribution is -0.116. The summed E-state index contributed by atoms with van der Waals surface area (Å²) >= 11 is 0. The van der Waals surface area contributed by atoms with Crippen molar-refractivity contribution in [2.45, 2.75) is 19.9 Å². The number of hydrogen-bond donors (Lipinski definition) is 1. The minimum atomic E-state index is -3.51. The van der Waals surface area contributed by atoms with E-state index in [4.69, 9.17) is 4.18 Å². The van der Waals surface area contributed by atoms with E-state index in [0.29, 0.717) is 0 Å². The van der Waals surface area contributed by atoms with Crippen LogP contribution >= 0.6 is 0 Å². The minimum absolute atomic E-state index is 0.0858. The molecule has 0 fully saturated rings. The van der Waals surface area contributed by atoms with Gasteiger partial charge in [0.2, 0.25) is 5.91 Å². The Hall–Kier alpha value is -1.82. The normalized spacial score (nSPS) is 11.8. The van der Waals surface area contributed by atoms with Crippen LogP contribution in [0.25, 0.3) is 6.08 Å². The van der Waals surface area contributed by atoms with Crippen LogP contribution in [-0.2, 0) is 14.9 Å². The molecule has 0 saturated heterocycles. The summed E-state index contributed by atoms with van der Waals surface area (Å²) in [4.78, 5) is 11.4. The summed E-state index contributed by atoms with van der Waals surface area (Å²) in [6.07, 6.45) is 4.05. The summed E-state index contributed by atoms with van der Waals surface area (Å²) < 4.78 is 26.5. The van der Waals surface area contributed by atoms with Crippen molar-refractivity contribution in [2.24, 2.45) is 0 Å². The van der Waals surface area contributed by atoms with Crippen molar-refractivity contribution in [3.05, 3.63) is 35.9 Å². The van der Waals surface area contributed by atoms with Gasteiger partial charge in [-0.1, -0.05) is 12.1 Å². The Balaban J connectivity index is 2.67. The third kappa shape index (κ3) is 6.61. The van der Waals surface area contributed by atoms with Crippen molar-refractivity contribution in [1.29, 1.82) is 0 Å². The SMILES string of the molecule is CC(C)NC(=O)C=Cc1ccc(OS(C)(=O)=O)cc1. The molecule has 1 rings (SSSR count). The second kappa shape index (κ2) is 6.38. The van der Waals surface area contributed by atoms with Gasteiger partial charge in [0.1, 0.15) is 5.75 Å². The predicted octanol–water partition coefficient (Wildman–Crippen LogP) is 1.56. The van der Waals surface area contributed by atoms with Gasteiger partial charge in [-0.25, -0.2) is 0 Å². The van der Waals surface area contributed by atoms with E-state index in [0.717, 1.165) is 11.8 Å². The van der Waals surface area contributed by atoms with Crippen molar-refractivity contribution >= 4 is 22.1 Å². The first-order chi connectivity index (χ1) is 8.76. The average molecular weight is 283 g/mol. The molecule has 0 spiro atoms. The van der Waals surface area contributed by atoms with E-state index in [2.05, 4.69) is 5.32 Å². The van der Waals surface area contributed by atoms with Gasteiger partial charge >= 0.3 is 10.1 Å². The number of benzene rings is 1. The van der Waals surface area contributed by atoms with Crippen LogP contribution in [0.15, 0.2) is 30.3 Å². The molecule has 6 heteroatoms. The monoisotopic (exact) mass is 283 g/mol. The van der Waals surface area contributed by atoms with Gasteiger partial charge < -0.3 is 9.50 Å². The van der Waals surface area contributed by atoms with Crippen molar-refractivity contribution in [3.63, 3.8) is 0 Å². The fraction of sp³-hybridized carbons (Fsp3) is 0.308. The maximum atomic E-state index is 11.4. The maximum absolute atomic E-state index is 11.4. The molecule has 0 saturated carbocycles. The van der Waals surface area contributed by atoms with Gasteiger partial charge in [-0.15, -0.1) is 0 Å². The zero-order valence-electron chi connectivity index (χ0n) is 11.1. The highest BCUT2D eigenvalue weighted by Gasteiger charge is 2.03. The third-order valence-corrected chi connectivity index (χ3v) is 2.48. The van der Waals surface area contributed by atoms with Gasteiger partial charge in [0.25, 0.3) is 0 Å². The number of nitrogens with one attached hydrogen (secondary N) is 1. The predicted molar refractivity (Wildman–Crippen MR) is 74.2 cm³/mol. The average Bonchev–Trinajstić information content (AvgIpc) is 2.25. The Kier molecular flexibility index (Phi) is 5.11. The smallest absolute Gasteiger partial charge is 0.306 e. The standard InChI is InChI=1S/C13H17NO4S/c1-10(2)14-13(15)9-6-11-4-7-12(8-5-11)18-19(3,16)17/h4-10H,1-3H3,(H,14,15). The first-order valence-electron chi connectivity index (χ1n) is 5.74. The third-order valence-electron chi connectivity index (χ3n) is 1.99. The highest BCUT2D eigenvalue weighted by Crippen LogP contribution is 2.14. The van der Waals surface area contributed by atoms with Gasteiger partial charge in [-0.2, -0.15) is 8.42 Å². The Morgan fingerprint density at radius 3 is 2.32 bits per heavy atom. The maximum Gasteiger partial charge on any atom is 0.306 e. The summed E-state index contributed by atoms with van der Waals surface area (Å²) in [7, 11) is -3.51. The number of carbonyl (C=O) groups excluding carboxylic acids is 1. The topological polar surface area (TPSA) is 72.5 Å². The summed E-state index contributed by atoms with van der Waals surface area (Å²) in [5, 5.41) is 2.73. The quantitative estimate of drug-likeness (QED) is 0.657. The van der Waals surface area contributed by atoms with Crippen LogP contribution in [0.2, 0.25) is 0 Å². The lowest BCUT2D eigenvalue weighted by Crippen LogP contribution is -2.28. The molecule has 0 aliphatic rings. The lowest BCUT2D eigenvalue weighted by atomic mass is 10.2. The Morgan fingerprint density at radius 2 is 1.84 bits per heavy atom. The highest BCUT2D eigenvalue weighted by atomic mass is 32.2. The molecule has 0 atom stereocenters. The summed E-state index contributed by atoms with van der Waals surface area (Å²) in [5.41, 5.74) is 0.778. The van der Waals surface area contributed by atoms with Gasteiger partial charge in [-0.05, 0) is 37.6 Å². The van der Waals surface area contributed by atoms with E-state index in [9.17, 15) is 13.2 Å². The van der Waals surface area contributed by atoms with E-state index < -0.39 is 10.1 Å². The molecule has 104 valence electrons. The van der Waals surface area contributed by atoms with Crippen molar-refractivity contribution < 1.29 is 17.4 Å². The van der Waals surface area contributed by atoms with E-state index in [1.807, 2.05) is 13.8 Å². The number of rotatable bonds is 5. The number of amides is 1. The van der Waals surface area contributed by atoms with Gasteiger partial charge in [0.15, 0.2) is 0 Å². The fourth-order valence-corrected chi connectivity index (χ4v) is 1.77. The van der Waals surface area contributed by atoms with Gasteiger partial charge in [0.05, 0.1) is 6.26 Å². The van der Waals surface area contributed by atoms with Gasteiger partial charge in [-0.3, -0.25) is 4.79 Å². The van der Waals surface area contributed by atoms with Crippen LogP contribution in [0, 0.1) is 0 Å². The van der Waals surface area contributed by atoms with Crippen LogP contribution in [-0.4, -0.2) is 26.6 Å². The van der Waals surface area contributed by atoms with E-state index >= 15 is 0 Å². The van der Waals surface area contributed by atoms with E-state index in [-0.39, 0.29) is 17.7 Å². The molecule has 0 aliphatic carbocycles. The fourth-order valence-electron chi connectivity index (χ4n) is 1.31. The van der Waals surface area contributed by atoms with Crippen LogP contribution in [0.1, 0.15) is 19.4 Å². The Morgan fingerprint density at radius 1 is 1.26 bits per heavy atom. The molecular weight excluding hydrogens is 266 g/mol. The molecule has 19 heavy (non-hydrogen) atoms. The molecule has 0 unspecified atom stereocenters. The number of hydrogen-bond acceptors (Lipinski definition) is 4. The molecule has 5 nitrogen and oxygen atoms in total. The summed E-state index contributed by atoms with van der Waals surface area (Å²) in [5.74, 6) is 0.0674. The zero-order valence-corrected chi connectivity index (χ0v) is 11.9. The Labute approximate surface area is 113 Å². The lowest BCUT2D eigenvalue weighted by Gasteiger charge is -2.04. The molecular formula is C13H17NO4S. The first-order valence-corrected chi connectivity index (χ1v) is 7.56. The molecule has 0 radical (unpaired) electrons. The van der Waals surface area contributed by atoms with Crippen LogP contribution in [0.4, 0.5) is 0 Å². The number of carbonyl (C=O) groups is 1.